The highest BCUT2D eigenvalue weighted by molar-refractivity contribution is 5.92. The number of hydrogen-bond donors (Lipinski definition) is 2. The first-order chi connectivity index (χ1) is 10.1. The quantitative estimate of drug-likeness (QED) is 0.727. The second-order valence-corrected chi connectivity index (χ2v) is 5.20. The lowest BCUT2D eigenvalue weighted by Crippen LogP contribution is -2.25. The normalized spacial score (nSPS) is 14.0. The highest BCUT2D eigenvalue weighted by Crippen LogP contribution is 2.19. The first kappa shape index (κ1) is 15.3. The molecule has 0 aliphatic heterocycles. The number of ether oxygens (including phenoxy) is 1. The molecule has 1 aliphatic carbocycles. The van der Waals surface area contributed by atoms with Gasteiger partial charge in [0, 0.05) is 25.4 Å². The van der Waals surface area contributed by atoms with Gasteiger partial charge in [-0.25, -0.2) is 9.78 Å². The molecule has 1 fully saturated rings. The van der Waals surface area contributed by atoms with Crippen LogP contribution >= 0.6 is 0 Å². The molecule has 3 N–H and O–H groups in total. The van der Waals surface area contributed by atoms with Crippen LogP contribution < -0.4 is 11.1 Å². The van der Waals surface area contributed by atoms with E-state index in [1.165, 1.54) is 7.11 Å². The second-order valence-electron chi connectivity index (χ2n) is 5.20. The van der Waals surface area contributed by atoms with Crippen molar-refractivity contribution in [2.75, 3.05) is 12.8 Å². The summed E-state index contributed by atoms with van der Waals surface area (Å²) in [6.45, 7) is 2.51. The highest BCUT2D eigenvalue weighted by atomic mass is 16.5. The third-order valence-electron chi connectivity index (χ3n) is 3.51. The number of esters is 1. The van der Waals surface area contributed by atoms with Gasteiger partial charge in [-0.3, -0.25) is 4.79 Å². The van der Waals surface area contributed by atoms with Gasteiger partial charge >= 0.3 is 5.97 Å². The number of rotatable bonds is 7. The minimum atomic E-state index is -0.535. The lowest BCUT2D eigenvalue weighted by Gasteiger charge is -2.09. The van der Waals surface area contributed by atoms with E-state index in [9.17, 15) is 9.59 Å². The molecule has 0 atom stereocenters. The summed E-state index contributed by atoms with van der Waals surface area (Å²) >= 11 is 0. The first-order valence-corrected chi connectivity index (χ1v) is 7.29. The van der Waals surface area contributed by atoms with Gasteiger partial charge in [-0.15, -0.1) is 0 Å². The number of nitrogens with one attached hydrogen (secondary N) is 1. The number of nitrogens with two attached hydrogens (primary N) is 1. The van der Waals surface area contributed by atoms with E-state index in [1.54, 1.807) is 4.57 Å². The maximum atomic E-state index is 11.6. The van der Waals surface area contributed by atoms with Crippen LogP contribution in [-0.4, -0.2) is 34.6 Å². The molecule has 7 heteroatoms. The zero-order chi connectivity index (χ0) is 15.4. The van der Waals surface area contributed by atoms with Crippen molar-refractivity contribution >= 4 is 17.7 Å². The molecule has 1 saturated carbocycles. The molecule has 1 amide bonds. The van der Waals surface area contributed by atoms with Gasteiger partial charge < -0.3 is 20.4 Å². The summed E-state index contributed by atoms with van der Waals surface area (Å²) in [5.41, 5.74) is 6.11. The zero-order valence-corrected chi connectivity index (χ0v) is 12.5. The van der Waals surface area contributed by atoms with Crippen molar-refractivity contribution in [1.29, 1.82) is 0 Å². The Hall–Kier alpha value is -2.05. The van der Waals surface area contributed by atoms with Crippen LogP contribution in [-0.2, 0) is 22.5 Å². The largest absolute Gasteiger partial charge is 0.464 e. The molecule has 0 spiro atoms. The van der Waals surface area contributed by atoms with Gasteiger partial charge in [-0.05, 0) is 19.3 Å². The summed E-state index contributed by atoms with van der Waals surface area (Å²) in [4.78, 5) is 27.4. The Balaban J connectivity index is 1.96. The van der Waals surface area contributed by atoms with Crippen LogP contribution in [0.15, 0.2) is 0 Å². The fraction of sp³-hybridized carbons (Fsp3) is 0.643. The molecule has 1 aromatic rings. The van der Waals surface area contributed by atoms with E-state index in [-0.39, 0.29) is 11.6 Å². The van der Waals surface area contributed by atoms with Crippen LogP contribution in [0.2, 0.25) is 0 Å². The maximum absolute atomic E-state index is 11.6. The number of amides is 1. The van der Waals surface area contributed by atoms with Crippen LogP contribution in [0.5, 0.6) is 0 Å². The number of methoxy groups -OCH3 is 1. The smallest absolute Gasteiger partial charge is 0.360 e. The predicted octanol–water partition coefficient (Wildman–Crippen LogP) is 0.873. The fourth-order valence-electron chi connectivity index (χ4n) is 2.21. The van der Waals surface area contributed by atoms with E-state index in [0.29, 0.717) is 37.7 Å². The molecule has 1 aliphatic rings. The van der Waals surface area contributed by atoms with E-state index < -0.39 is 5.97 Å². The van der Waals surface area contributed by atoms with Crippen LogP contribution in [0, 0.1) is 0 Å². The van der Waals surface area contributed by atoms with Gasteiger partial charge in [-0.2, -0.15) is 0 Å². The fourth-order valence-corrected chi connectivity index (χ4v) is 2.21. The summed E-state index contributed by atoms with van der Waals surface area (Å²) in [5.74, 6) is 0.576. The van der Waals surface area contributed by atoms with E-state index in [2.05, 4.69) is 15.0 Å². The predicted molar refractivity (Wildman–Crippen MR) is 77.8 cm³/mol. The molecule has 1 aromatic heterocycles. The van der Waals surface area contributed by atoms with Gasteiger partial charge in [0.1, 0.15) is 11.6 Å². The average molecular weight is 294 g/mol. The molecule has 1 heterocycles. The number of imidazole rings is 1. The molecule has 7 nitrogen and oxygen atoms in total. The van der Waals surface area contributed by atoms with Crippen molar-refractivity contribution in [3.8, 4) is 0 Å². The van der Waals surface area contributed by atoms with Crippen molar-refractivity contribution in [1.82, 2.24) is 14.9 Å². The van der Waals surface area contributed by atoms with Crippen LogP contribution in [0.3, 0.4) is 0 Å². The Kier molecular flexibility index (Phi) is 4.82. The van der Waals surface area contributed by atoms with E-state index in [0.717, 1.165) is 18.7 Å². The first-order valence-electron chi connectivity index (χ1n) is 7.29. The maximum Gasteiger partial charge on any atom is 0.360 e. The monoisotopic (exact) mass is 294 g/mol. The van der Waals surface area contributed by atoms with Crippen LogP contribution in [0.1, 0.15) is 48.9 Å². The highest BCUT2D eigenvalue weighted by Gasteiger charge is 2.23. The molecule has 0 unspecified atom stereocenters. The van der Waals surface area contributed by atoms with Crippen molar-refractivity contribution in [2.45, 2.75) is 51.6 Å². The van der Waals surface area contributed by atoms with E-state index in [1.807, 2.05) is 6.92 Å². The SMILES string of the molecule is CCc1nc(C(=O)OC)c(N)n1CCCC(=O)NC1CC1. The van der Waals surface area contributed by atoms with Gasteiger partial charge in [0.05, 0.1) is 7.11 Å². The number of aromatic nitrogens is 2. The second kappa shape index (κ2) is 6.60. The molecule has 2 rings (SSSR count). The minimum absolute atomic E-state index is 0.0717. The molecular formula is C14H22N4O3. The number of aryl methyl sites for hydroxylation is 1. The van der Waals surface area contributed by atoms with Crippen molar-refractivity contribution in [3.05, 3.63) is 11.5 Å². The summed E-state index contributed by atoms with van der Waals surface area (Å²) in [6.07, 6.45) is 3.94. The number of hydrogen-bond acceptors (Lipinski definition) is 5. The number of anilines is 1. The number of carbonyl (C=O) groups excluding carboxylic acids is 2. The topological polar surface area (TPSA) is 99.2 Å². The summed E-state index contributed by atoms with van der Waals surface area (Å²) in [6, 6.07) is 0.382. The third kappa shape index (κ3) is 3.74. The lowest BCUT2D eigenvalue weighted by molar-refractivity contribution is -0.121. The van der Waals surface area contributed by atoms with Gasteiger partial charge in [0.25, 0.3) is 0 Å². The molecule has 0 bridgehead atoms. The van der Waals surface area contributed by atoms with Gasteiger partial charge in [0.15, 0.2) is 5.69 Å². The number of nitrogen functional groups attached to an aromatic ring is 1. The van der Waals surface area contributed by atoms with Crippen molar-refractivity contribution in [3.63, 3.8) is 0 Å². The van der Waals surface area contributed by atoms with Crippen LogP contribution in [0.25, 0.3) is 0 Å². The summed E-state index contributed by atoms with van der Waals surface area (Å²) in [5, 5.41) is 2.95. The van der Waals surface area contributed by atoms with Crippen LogP contribution in [0.4, 0.5) is 5.82 Å². The Bertz CT molecular complexity index is 535. The standard InChI is InChI=1S/C14H22N4O3/c1-3-10-17-12(14(20)21-2)13(15)18(10)8-4-5-11(19)16-9-6-7-9/h9H,3-8,15H2,1-2H3,(H,16,19). The van der Waals surface area contributed by atoms with Crippen molar-refractivity contribution < 1.29 is 14.3 Å². The Morgan fingerprint density at radius 3 is 2.76 bits per heavy atom. The molecule has 0 saturated heterocycles. The third-order valence-corrected chi connectivity index (χ3v) is 3.51. The Labute approximate surface area is 123 Å². The lowest BCUT2D eigenvalue weighted by atomic mass is 10.3. The average Bonchev–Trinajstić information content (AvgIpc) is 3.22. The summed E-state index contributed by atoms with van der Waals surface area (Å²) in [7, 11) is 1.30. The molecular weight excluding hydrogens is 272 g/mol. The zero-order valence-electron chi connectivity index (χ0n) is 12.5. The van der Waals surface area contributed by atoms with Gasteiger partial charge in [0.2, 0.25) is 5.91 Å². The number of carbonyl (C=O) groups is 2. The molecule has 0 aromatic carbocycles. The minimum Gasteiger partial charge on any atom is -0.464 e. The van der Waals surface area contributed by atoms with E-state index in [4.69, 9.17) is 5.73 Å². The Morgan fingerprint density at radius 1 is 1.48 bits per heavy atom. The Morgan fingerprint density at radius 2 is 2.19 bits per heavy atom. The molecule has 116 valence electrons. The molecule has 21 heavy (non-hydrogen) atoms. The van der Waals surface area contributed by atoms with E-state index >= 15 is 0 Å². The summed E-state index contributed by atoms with van der Waals surface area (Å²) < 4.78 is 6.45. The van der Waals surface area contributed by atoms with Gasteiger partial charge in [-0.1, -0.05) is 6.92 Å². The van der Waals surface area contributed by atoms with Crippen molar-refractivity contribution in [2.24, 2.45) is 0 Å². The molecule has 0 radical (unpaired) electrons. The number of nitrogens with zero attached hydrogens (tertiary/aromatic N) is 2.